The Balaban J connectivity index is 2.25. The fraction of sp³-hybridized carbons (Fsp3) is 0.273. The highest BCUT2D eigenvalue weighted by Gasteiger charge is 2.09. The van der Waals surface area contributed by atoms with Gasteiger partial charge in [0.05, 0.1) is 24.7 Å². The standard InChI is InChI=1S/C11H15N5O3S/c1-3-19-11-6-9(12)16(14-11)10-5-4-8(7-13-10)15-20(2,17)18/h4-7,15H,3,12H2,1-2H3. The highest BCUT2D eigenvalue weighted by molar-refractivity contribution is 7.92. The number of hydrogen-bond donors (Lipinski definition) is 2. The maximum absolute atomic E-state index is 11.1. The Bertz CT molecular complexity index is 693. The average Bonchev–Trinajstić information content (AvgIpc) is 2.70. The van der Waals surface area contributed by atoms with Crippen molar-refractivity contribution in [1.82, 2.24) is 14.8 Å². The van der Waals surface area contributed by atoms with Crippen LogP contribution in [0.4, 0.5) is 11.5 Å². The van der Waals surface area contributed by atoms with Crippen molar-refractivity contribution in [3.8, 4) is 11.7 Å². The zero-order valence-electron chi connectivity index (χ0n) is 11.1. The second-order valence-electron chi connectivity index (χ2n) is 4.03. The zero-order valence-corrected chi connectivity index (χ0v) is 11.9. The van der Waals surface area contributed by atoms with Gasteiger partial charge in [0.2, 0.25) is 15.9 Å². The topological polar surface area (TPSA) is 112 Å². The second kappa shape index (κ2) is 5.37. The lowest BCUT2D eigenvalue weighted by Crippen LogP contribution is -2.10. The second-order valence-corrected chi connectivity index (χ2v) is 5.78. The van der Waals surface area contributed by atoms with Crippen LogP contribution in [0.1, 0.15) is 6.92 Å². The van der Waals surface area contributed by atoms with Crippen LogP contribution in [0.2, 0.25) is 0 Å². The Kier molecular flexibility index (Phi) is 3.79. The third kappa shape index (κ3) is 3.38. The molecule has 2 aromatic rings. The van der Waals surface area contributed by atoms with E-state index in [-0.39, 0.29) is 0 Å². The molecule has 0 aliphatic carbocycles. The van der Waals surface area contributed by atoms with Crippen LogP contribution < -0.4 is 15.2 Å². The number of anilines is 2. The molecule has 0 saturated carbocycles. The summed E-state index contributed by atoms with van der Waals surface area (Å²) in [4.78, 5) is 4.11. The van der Waals surface area contributed by atoms with Gasteiger partial charge in [-0.1, -0.05) is 0 Å². The predicted molar refractivity (Wildman–Crippen MR) is 75.4 cm³/mol. The lowest BCUT2D eigenvalue weighted by atomic mass is 10.4. The van der Waals surface area contributed by atoms with Gasteiger partial charge in [-0.15, -0.1) is 5.10 Å². The summed E-state index contributed by atoms with van der Waals surface area (Å²) in [5, 5.41) is 4.14. The first-order valence-electron chi connectivity index (χ1n) is 5.81. The summed E-state index contributed by atoms with van der Waals surface area (Å²) >= 11 is 0. The van der Waals surface area contributed by atoms with E-state index < -0.39 is 10.0 Å². The summed E-state index contributed by atoms with van der Waals surface area (Å²) in [5.74, 6) is 1.25. The highest BCUT2D eigenvalue weighted by atomic mass is 32.2. The van der Waals surface area contributed by atoms with Crippen LogP contribution in [-0.2, 0) is 10.0 Å². The van der Waals surface area contributed by atoms with Crippen molar-refractivity contribution in [3.05, 3.63) is 24.4 Å². The normalized spacial score (nSPS) is 11.3. The summed E-state index contributed by atoms with van der Waals surface area (Å²) < 4.78 is 31.2. The molecule has 8 nitrogen and oxygen atoms in total. The molecule has 0 fully saturated rings. The van der Waals surface area contributed by atoms with Crippen molar-refractivity contribution in [1.29, 1.82) is 0 Å². The molecular formula is C11H15N5O3S. The molecule has 2 rings (SSSR count). The smallest absolute Gasteiger partial charge is 0.235 e. The first kappa shape index (κ1) is 14.1. The fourth-order valence-corrected chi connectivity index (χ4v) is 2.11. The molecule has 3 N–H and O–H groups in total. The monoisotopic (exact) mass is 297 g/mol. The van der Waals surface area contributed by atoms with E-state index in [1.807, 2.05) is 6.92 Å². The van der Waals surface area contributed by atoms with E-state index in [0.717, 1.165) is 6.26 Å². The van der Waals surface area contributed by atoms with E-state index in [0.29, 0.717) is 29.8 Å². The number of pyridine rings is 1. The molecule has 0 aliphatic rings. The molecule has 108 valence electrons. The minimum Gasteiger partial charge on any atom is -0.477 e. The molecule has 0 aliphatic heterocycles. The van der Waals surface area contributed by atoms with Crippen molar-refractivity contribution in [2.24, 2.45) is 0 Å². The molecule has 0 saturated heterocycles. The summed E-state index contributed by atoms with van der Waals surface area (Å²) in [7, 11) is -3.32. The van der Waals surface area contributed by atoms with Crippen LogP contribution in [-0.4, -0.2) is 36.0 Å². The Hall–Kier alpha value is -2.29. The van der Waals surface area contributed by atoms with Gasteiger partial charge in [0.25, 0.3) is 0 Å². The zero-order chi connectivity index (χ0) is 14.8. The fourth-order valence-electron chi connectivity index (χ4n) is 1.56. The molecule has 9 heteroatoms. The van der Waals surface area contributed by atoms with Gasteiger partial charge in [0.1, 0.15) is 5.82 Å². The maximum atomic E-state index is 11.1. The van der Waals surface area contributed by atoms with Gasteiger partial charge >= 0.3 is 0 Å². The summed E-state index contributed by atoms with van der Waals surface area (Å²) in [6.45, 7) is 2.33. The summed E-state index contributed by atoms with van der Waals surface area (Å²) in [5.41, 5.74) is 6.18. The quantitative estimate of drug-likeness (QED) is 0.836. The number of sulfonamides is 1. The predicted octanol–water partition coefficient (Wildman–Crippen LogP) is 0.620. The number of rotatable bonds is 5. The number of nitrogens with one attached hydrogen (secondary N) is 1. The van der Waals surface area contributed by atoms with Gasteiger partial charge in [-0.2, -0.15) is 4.68 Å². The van der Waals surface area contributed by atoms with Crippen LogP contribution in [0.15, 0.2) is 24.4 Å². The summed E-state index contributed by atoms with van der Waals surface area (Å²) in [6, 6.07) is 4.77. The highest BCUT2D eigenvalue weighted by Crippen LogP contribution is 2.18. The average molecular weight is 297 g/mol. The molecular weight excluding hydrogens is 282 g/mol. The van der Waals surface area contributed by atoms with Crippen LogP contribution in [0, 0.1) is 0 Å². The molecule has 2 aromatic heterocycles. The number of ether oxygens (including phenoxy) is 1. The number of aromatic nitrogens is 3. The Morgan fingerprint density at radius 1 is 1.45 bits per heavy atom. The van der Waals surface area contributed by atoms with Gasteiger partial charge in [0, 0.05) is 6.07 Å². The molecule has 20 heavy (non-hydrogen) atoms. The summed E-state index contributed by atoms with van der Waals surface area (Å²) in [6.07, 6.45) is 2.46. The molecule has 0 atom stereocenters. The van der Waals surface area contributed by atoms with Gasteiger partial charge in [-0.25, -0.2) is 13.4 Å². The van der Waals surface area contributed by atoms with E-state index in [9.17, 15) is 8.42 Å². The maximum Gasteiger partial charge on any atom is 0.235 e. The Labute approximate surface area is 116 Å². The van der Waals surface area contributed by atoms with Crippen LogP contribution in [0.25, 0.3) is 5.82 Å². The van der Waals surface area contributed by atoms with Gasteiger partial charge in [-0.3, -0.25) is 4.72 Å². The van der Waals surface area contributed by atoms with Gasteiger partial charge in [-0.05, 0) is 19.1 Å². The van der Waals surface area contributed by atoms with Crippen LogP contribution in [0.3, 0.4) is 0 Å². The van der Waals surface area contributed by atoms with Crippen molar-refractivity contribution < 1.29 is 13.2 Å². The van der Waals surface area contributed by atoms with E-state index in [4.69, 9.17) is 10.5 Å². The Morgan fingerprint density at radius 2 is 2.20 bits per heavy atom. The molecule has 0 bridgehead atoms. The lowest BCUT2D eigenvalue weighted by Gasteiger charge is -2.05. The number of hydrogen-bond acceptors (Lipinski definition) is 6. The van der Waals surface area contributed by atoms with Crippen molar-refractivity contribution >= 4 is 21.5 Å². The minimum absolute atomic E-state index is 0.368. The first-order valence-corrected chi connectivity index (χ1v) is 7.71. The molecule has 0 spiro atoms. The van der Waals surface area contributed by atoms with Gasteiger partial charge < -0.3 is 10.5 Å². The van der Waals surface area contributed by atoms with Crippen LogP contribution >= 0.6 is 0 Å². The van der Waals surface area contributed by atoms with Crippen molar-refractivity contribution in [2.75, 3.05) is 23.3 Å². The van der Waals surface area contributed by atoms with Crippen LogP contribution in [0.5, 0.6) is 5.88 Å². The molecule has 0 radical (unpaired) electrons. The third-order valence-corrected chi connectivity index (χ3v) is 2.88. The first-order chi connectivity index (χ1) is 9.39. The van der Waals surface area contributed by atoms with E-state index in [1.54, 1.807) is 18.2 Å². The number of nitrogen functional groups attached to an aromatic ring is 1. The van der Waals surface area contributed by atoms with E-state index >= 15 is 0 Å². The molecule has 0 amide bonds. The van der Waals surface area contributed by atoms with E-state index in [2.05, 4.69) is 14.8 Å². The Morgan fingerprint density at radius 3 is 2.75 bits per heavy atom. The van der Waals surface area contributed by atoms with Crippen molar-refractivity contribution in [3.63, 3.8) is 0 Å². The third-order valence-electron chi connectivity index (χ3n) is 2.27. The number of nitrogens with zero attached hydrogens (tertiary/aromatic N) is 3. The molecule has 0 aromatic carbocycles. The molecule has 0 unspecified atom stereocenters. The molecule has 2 heterocycles. The van der Waals surface area contributed by atoms with Crippen molar-refractivity contribution in [2.45, 2.75) is 6.92 Å². The largest absolute Gasteiger partial charge is 0.477 e. The lowest BCUT2D eigenvalue weighted by molar-refractivity contribution is 0.324. The van der Waals surface area contributed by atoms with E-state index in [1.165, 1.54) is 10.9 Å². The minimum atomic E-state index is -3.32. The number of nitrogens with two attached hydrogens (primary N) is 1. The van der Waals surface area contributed by atoms with Gasteiger partial charge in [0.15, 0.2) is 5.82 Å². The SMILES string of the molecule is CCOc1cc(N)n(-c2ccc(NS(C)(=O)=O)cn2)n1.